The Labute approximate surface area is 158 Å². The maximum absolute atomic E-state index is 4.48. The molecule has 0 saturated heterocycles. The lowest BCUT2D eigenvalue weighted by atomic mass is 9.93. The topological polar surface area (TPSA) is 28.0 Å². The minimum atomic E-state index is 0.405. The van der Waals surface area contributed by atoms with Gasteiger partial charge in [-0.3, -0.25) is 0 Å². The van der Waals surface area contributed by atoms with Crippen LogP contribution in [0.15, 0.2) is 58.8 Å². The predicted octanol–water partition coefficient (Wildman–Crippen LogP) is 6.80. The van der Waals surface area contributed by atoms with Crippen LogP contribution in [0.5, 0.6) is 0 Å². The van der Waals surface area contributed by atoms with E-state index in [-0.39, 0.29) is 0 Å². The number of azo groups is 1. The van der Waals surface area contributed by atoms with E-state index >= 15 is 0 Å². The molecule has 0 aromatic heterocycles. The molecule has 3 nitrogen and oxygen atoms in total. The molecule has 0 spiro atoms. The zero-order chi connectivity index (χ0) is 19.1. The van der Waals surface area contributed by atoms with E-state index in [1.165, 1.54) is 28.8 Å². The maximum Gasteiger partial charge on any atom is 0.0980 e. The summed E-state index contributed by atoms with van der Waals surface area (Å²) in [6.45, 7) is 11.8. The monoisotopic (exact) mass is 349 g/mol. The van der Waals surface area contributed by atoms with E-state index in [0.717, 1.165) is 17.8 Å². The first-order valence-corrected chi connectivity index (χ1v) is 9.50. The molecule has 0 amide bonds. The number of benzene rings is 2. The summed E-state index contributed by atoms with van der Waals surface area (Å²) in [7, 11) is 1.73. The van der Waals surface area contributed by atoms with E-state index < -0.39 is 0 Å². The largest absolute Gasteiger partial charge is 0.364 e. The van der Waals surface area contributed by atoms with E-state index in [1.807, 2.05) is 0 Å². The molecule has 0 N–H and O–H groups in total. The van der Waals surface area contributed by atoms with Crippen LogP contribution in [0.1, 0.15) is 57.7 Å². The van der Waals surface area contributed by atoms with Gasteiger partial charge in [0, 0.05) is 30.9 Å². The van der Waals surface area contributed by atoms with Crippen LogP contribution < -0.4 is 4.90 Å². The van der Waals surface area contributed by atoms with E-state index in [2.05, 4.69) is 98.3 Å². The normalized spacial score (nSPS) is 16.5. The third-order valence-corrected chi connectivity index (χ3v) is 4.41. The smallest absolute Gasteiger partial charge is 0.0980 e. The Hall–Kier alpha value is -2.42. The average Bonchev–Trinajstić information content (AvgIpc) is 2.63. The van der Waals surface area contributed by atoms with Crippen LogP contribution in [-0.4, -0.2) is 13.1 Å². The Morgan fingerprint density at radius 1 is 0.962 bits per heavy atom. The number of hydrogen-bond acceptors (Lipinski definition) is 3. The second kappa shape index (κ2) is 9.33. The highest BCUT2D eigenvalue weighted by molar-refractivity contribution is 5.94. The number of hydrogen-bond donors (Lipinski definition) is 0. The summed E-state index contributed by atoms with van der Waals surface area (Å²) < 4.78 is 0. The molecule has 26 heavy (non-hydrogen) atoms. The number of fused-ring (bicyclic) bond motifs is 2. The number of allylic oxidation sites excluding steroid dienone is 1. The Kier molecular flexibility index (Phi) is 7.14. The molecule has 3 heteroatoms. The molecule has 0 saturated carbocycles. The van der Waals surface area contributed by atoms with Crippen LogP contribution in [-0.2, 0) is 6.54 Å². The van der Waals surface area contributed by atoms with Crippen LogP contribution in [0.4, 0.5) is 5.69 Å². The minimum Gasteiger partial charge on any atom is -0.364 e. The van der Waals surface area contributed by atoms with Crippen LogP contribution in [0.3, 0.4) is 0 Å². The fourth-order valence-electron chi connectivity index (χ4n) is 3.24. The van der Waals surface area contributed by atoms with Crippen molar-refractivity contribution < 1.29 is 0 Å². The molecule has 1 aliphatic rings. The number of anilines is 1. The quantitative estimate of drug-likeness (QED) is 0.548. The second-order valence-corrected chi connectivity index (χ2v) is 6.88. The van der Waals surface area contributed by atoms with Crippen LogP contribution in [0.25, 0.3) is 11.3 Å². The second-order valence-electron chi connectivity index (χ2n) is 6.88. The Morgan fingerprint density at radius 2 is 1.54 bits per heavy atom. The molecule has 0 atom stereocenters. The Morgan fingerprint density at radius 3 is 2.15 bits per heavy atom. The van der Waals surface area contributed by atoms with E-state index in [1.54, 1.807) is 7.05 Å². The highest BCUT2D eigenvalue weighted by Crippen LogP contribution is 2.38. The molecule has 0 unspecified atom stereocenters. The van der Waals surface area contributed by atoms with Gasteiger partial charge in [0.15, 0.2) is 0 Å². The van der Waals surface area contributed by atoms with Crippen molar-refractivity contribution in [1.82, 2.24) is 0 Å². The van der Waals surface area contributed by atoms with E-state index in [9.17, 15) is 0 Å². The summed E-state index contributed by atoms with van der Waals surface area (Å²) in [5, 5.41) is 8.55. The molecule has 0 radical (unpaired) electrons. The molecular formula is C23H31N3. The standard InChI is InChI=1S/C20H23N3.C3H8/c1-14(2)23-13-16-9-5-6-10-17(16)15(3)20(22-21-4)18-11-7-8-12-19(18)23;1-3-2/h5-12,14H,13H2,1-4H3;3H2,1-2H3/b20-15+,22-21?;. The number of para-hydroxylation sites is 1. The lowest BCUT2D eigenvalue weighted by molar-refractivity contribution is 0.680. The van der Waals surface area contributed by atoms with Gasteiger partial charge in [0.25, 0.3) is 0 Å². The van der Waals surface area contributed by atoms with E-state index in [0.29, 0.717) is 6.04 Å². The summed E-state index contributed by atoms with van der Waals surface area (Å²) in [6, 6.07) is 17.5. The summed E-state index contributed by atoms with van der Waals surface area (Å²) >= 11 is 0. The van der Waals surface area contributed by atoms with Crippen molar-refractivity contribution in [3.8, 4) is 0 Å². The zero-order valence-electron chi connectivity index (χ0n) is 17.0. The zero-order valence-corrected chi connectivity index (χ0v) is 17.0. The van der Waals surface area contributed by atoms with Crippen LogP contribution in [0, 0.1) is 0 Å². The van der Waals surface area contributed by atoms with Crippen LogP contribution in [0.2, 0.25) is 0 Å². The predicted molar refractivity (Wildman–Crippen MR) is 113 cm³/mol. The van der Waals surface area contributed by atoms with Crippen molar-refractivity contribution in [1.29, 1.82) is 0 Å². The fraction of sp³-hybridized carbons (Fsp3) is 0.391. The third-order valence-electron chi connectivity index (χ3n) is 4.41. The van der Waals surface area contributed by atoms with Crippen LogP contribution >= 0.6 is 0 Å². The van der Waals surface area contributed by atoms with Gasteiger partial charge in [0.1, 0.15) is 0 Å². The van der Waals surface area contributed by atoms with Crippen molar-refractivity contribution in [2.45, 2.75) is 53.6 Å². The molecule has 138 valence electrons. The molecule has 0 bridgehead atoms. The summed E-state index contributed by atoms with van der Waals surface area (Å²) in [5.41, 5.74) is 7.10. The van der Waals surface area contributed by atoms with E-state index in [4.69, 9.17) is 0 Å². The van der Waals surface area contributed by atoms with Gasteiger partial charge >= 0.3 is 0 Å². The van der Waals surface area contributed by atoms with Crippen molar-refractivity contribution in [2.24, 2.45) is 10.2 Å². The minimum absolute atomic E-state index is 0.405. The van der Waals surface area contributed by atoms with Gasteiger partial charge in [-0.1, -0.05) is 62.7 Å². The first kappa shape index (κ1) is 19.9. The lowest BCUT2D eigenvalue weighted by Crippen LogP contribution is -2.32. The molecule has 3 rings (SSSR count). The first-order valence-electron chi connectivity index (χ1n) is 9.50. The highest BCUT2D eigenvalue weighted by Gasteiger charge is 2.23. The van der Waals surface area contributed by atoms with Gasteiger partial charge in [-0.15, -0.1) is 0 Å². The molecular weight excluding hydrogens is 318 g/mol. The number of nitrogens with zero attached hydrogens (tertiary/aromatic N) is 3. The molecule has 1 heterocycles. The van der Waals surface area contributed by atoms with Gasteiger partial charge in [0.05, 0.1) is 5.70 Å². The van der Waals surface area contributed by atoms with Crippen molar-refractivity contribution in [3.63, 3.8) is 0 Å². The summed E-state index contributed by atoms with van der Waals surface area (Å²) in [4.78, 5) is 2.44. The average molecular weight is 350 g/mol. The van der Waals surface area contributed by atoms with Crippen molar-refractivity contribution in [3.05, 3.63) is 65.2 Å². The van der Waals surface area contributed by atoms with Gasteiger partial charge in [-0.05, 0) is 43.5 Å². The fourth-order valence-corrected chi connectivity index (χ4v) is 3.24. The molecule has 2 aromatic rings. The summed E-state index contributed by atoms with van der Waals surface area (Å²) in [6.07, 6.45) is 1.25. The van der Waals surface area contributed by atoms with Gasteiger partial charge in [-0.25, -0.2) is 0 Å². The SMILES string of the molecule is CCC.CN=N/C1=C(\C)c2ccccc2CN(C(C)C)c2ccccc21. The van der Waals surface area contributed by atoms with Gasteiger partial charge in [-0.2, -0.15) is 10.2 Å². The van der Waals surface area contributed by atoms with Gasteiger partial charge in [0.2, 0.25) is 0 Å². The molecule has 0 aliphatic carbocycles. The van der Waals surface area contributed by atoms with Crippen molar-refractivity contribution in [2.75, 3.05) is 11.9 Å². The van der Waals surface area contributed by atoms with Gasteiger partial charge < -0.3 is 4.90 Å². The first-order chi connectivity index (χ1) is 12.5. The molecule has 2 aromatic carbocycles. The van der Waals surface area contributed by atoms with Crippen molar-refractivity contribution >= 4 is 17.0 Å². The number of rotatable bonds is 2. The Bertz CT molecular complexity index is 788. The molecule has 1 aliphatic heterocycles. The highest BCUT2D eigenvalue weighted by atomic mass is 15.2. The third kappa shape index (κ3) is 4.21. The molecule has 0 fully saturated rings. The Balaban J connectivity index is 0.000000758. The summed E-state index contributed by atoms with van der Waals surface area (Å²) in [5.74, 6) is 0. The lowest BCUT2D eigenvalue weighted by Gasteiger charge is -2.33. The maximum atomic E-state index is 4.48.